The Morgan fingerprint density at radius 2 is 1.81 bits per heavy atom. The topological polar surface area (TPSA) is 48.5 Å². The molecule has 2 heterocycles. The Balaban J connectivity index is 1.26. The summed E-state index contributed by atoms with van der Waals surface area (Å²) in [4.78, 5) is 21.2. The van der Waals surface area contributed by atoms with Crippen molar-refractivity contribution in [2.24, 2.45) is 0 Å². The number of fused-ring (bicyclic) bond motifs is 1. The molecular formula is C20H21FN4OS. The molecule has 0 saturated carbocycles. The van der Waals surface area contributed by atoms with Crippen molar-refractivity contribution in [3.05, 3.63) is 59.9 Å². The standard InChI is InChI=1S/C20H21FN4OS/c21-16-6-7-17-18(12-16)27-20(22-17)23-19(26)14-25-10-8-24(9-11-25)13-15-4-2-1-3-5-15/h1-7,12H,8-11,13-14H2,(H,22,23,26). The van der Waals surface area contributed by atoms with Gasteiger partial charge in [-0.3, -0.25) is 14.6 Å². The molecule has 2 aromatic carbocycles. The van der Waals surface area contributed by atoms with Gasteiger partial charge in [-0.15, -0.1) is 0 Å². The summed E-state index contributed by atoms with van der Waals surface area (Å²) < 4.78 is 14.0. The molecule has 140 valence electrons. The highest BCUT2D eigenvalue weighted by molar-refractivity contribution is 7.22. The van der Waals surface area contributed by atoms with Crippen LogP contribution in [0.1, 0.15) is 5.56 Å². The molecule has 1 amide bonds. The molecule has 1 N–H and O–H groups in total. The summed E-state index contributed by atoms with van der Waals surface area (Å²) in [6, 6.07) is 14.9. The van der Waals surface area contributed by atoms with Gasteiger partial charge in [0.2, 0.25) is 5.91 Å². The van der Waals surface area contributed by atoms with E-state index in [1.165, 1.54) is 29.0 Å². The molecule has 27 heavy (non-hydrogen) atoms. The second kappa shape index (κ2) is 8.12. The van der Waals surface area contributed by atoms with E-state index in [9.17, 15) is 9.18 Å². The van der Waals surface area contributed by atoms with Crippen LogP contribution < -0.4 is 5.32 Å². The normalized spacial score (nSPS) is 15.9. The monoisotopic (exact) mass is 384 g/mol. The van der Waals surface area contributed by atoms with Crippen molar-refractivity contribution in [2.75, 3.05) is 38.0 Å². The summed E-state index contributed by atoms with van der Waals surface area (Å²) in [6.07, 6.45) is 0. The maximum atomic E-state index is 13.3. The van der Waals surface area contributed by atoms with Crippen LogP contribution in [-0.2, 0) is 11.3 Å². The molecule has 1 aromatic heterocycles. The lowest BCUT2D eigenvalue weighted by atomic mass is 10.2. The van der Waals surface area contributed by atoms with Crippen LogP contribution in [0.5, 0.6) is 0 Å². The first kappa shape index (κ1) is 18.0. The molecule has 0 bridgehead atoms. The fourth-order valence-corrected chi connectivity index (χ4v) is 4.17. The minimum Gasteiger partial charge on any atom is -0.301 e. The lowest BCUT2D eigenvalue weighted by Crippen LogP contribution is -2.48. The SMILES string of the molecule is O=C(CN1CCN(Cc2ccccc2)CC1)Nc1nc2ccc(F)cc2s1. The molecule has 7 heteroatoms. The highest BCUT2D eigenvalue weighted by Gasteiger charge is 2.19. The summed E-state index contributed by atoms with van der Waals surface area (Å²) in [5.41, 5.74) is 2.02. The predicted molar refractivity (Wildman–Crippen MR) is 106 cm³/mol. The third kappa shape index (κ3) is 4.68. The number of carbonyl (C=O) groups is 1. The maximum absolute atomic E-state index is 13.3. The minimum atomic E-state index is -0.294. The van der Waals surface area contributed by atoms with E-state index >= 15 is 0 Å². The Morgan fingerprint density at radius 3 is 2.59 bits per heavy atom. The Labute approximate surface area is 161 Å². The number of amides is 1. The number of halogens is 1. The van der Waals surface area contributed by atoms with Gasteiger partial charge in [0.1, 0.15) is 5.82 Å². The quantitative estimate of drug-likeness (QED) is 0.734. The average molecular weight is 384 g/mol. The number of anilines is 1. The summed E-state index contributed by atoms with van der Waals surface area (Å²) >= 11 is 1.29. The molecule has 0 radical (unpaired) electrons. The Morgan fingerprint density at radius 1 is 1.07 bits per heavy atom. The molecule has 0 aliphatic carbocycles. The van der Waals surface area contributed by atoms with Gasteiger partial charge in [-0.2, -0.15) is 0 Å². The summed E-state index contributed by atoms with van der Waals surface area (Å²) in [6.45, 7) is 4.93. The number of piperazine rings is 1. The van der Waals surface area contributed by atoms with Crippen LogP contribution in [-0.4, -0.2) is 53.4 Å². The van der Waals surface area contributed by atoms with Gasteiger partial charge in [0.15, 0.2) is 5.13 Å². The zero-order valence-corrected chi connectivity index (χ0v) is 15.7. The van der Waals surface area contributed by atoms with Gasteiger partial charge in [-0.05, 0) is 23.8 Å². The Bertz CT molecular complexity index is 922. The zero-order valence-electron chi connectivity index (χ0n) is 14.9. The zero-order chi connectivity index (χ0) is 18.6. The summed E-state index contributed by atoms with van der Waals surface area (Å²) in [5, 5.41) is 3.36. The highest BCUT2D eigenvalue weighted by Crippen LogP contribution is 2.26. The molecule has 1 aliphatic rings. The molecule has 1 aliphatic heterocycles. The molecule has 1 saturated heterocycles. The number of thiazole rings is 1. The van der Waals surface area contributed by atoms with Gasteiger partial charge in [0, 0.05) is 32.7 Å². The van der Waals surface area contributed by atoms with Crippen LogP contribution in [0.3, 0.4) is 0 Å². The van der Waals surface area contributed by atoms with Crippen molar-refractivity contribution in [2.45, 2.75) is 6.54 Å². The minimum absolute atomic E-state index is 0.0777. The van der Waals surface area contributed by atoms with Crippen molar-refractivity contribution in [1.82, 2.24) is 14.8 Å². The Hall–Kier alpha value is -2.35. The van der Waals surface area contributed by atoms with Gasteiger partial charge in [-0.25, -0.2) is 9.37 Å². The second-order valence-electron chi connectivity index (χ2n) is 6.72. The number of nitrogens with one attached hydrogen (secondary N) is 1. The molecule has 4 rings (SSSR count). The molecule has 3 aromatic rings. The van der Waals surface area contributed by atoms with Gasteiger partial charge in [-0.1, -0.05) is 41.7 Å². The van der Waals surface area contributed by atoms with E-state index in [2.05, 4.69) is 44.4 Å². The maximum Gasteiger partial charge on any atom is 0.240 e. The number of hydrogen-bond acceptors (Lipinski definition) is 5. The van der Waals surface area contributed by atoms with E-state index in [0.29, 0.717) is 17.2 Å². The number of nitrogens with zero attached hydrogens (tertiary/aromatic N) is 3. The van der Waals surface area contributed by atoms with Crippen molar-refractivity contribution in [1.29, 1.82) is 0 Å². The van der Waals surface area contributed by atoms with E-state index in [-0.39, 0.29) is 11.7 Å². The van der Waals surface area contributed by atoms with E-state index in [0.717, 1.165) is 37.4 Å². The molecule has 0 atom stereocenters. The van der Waals surface area contributed by atoms with Crippen LogP contribution in [0.2, 0.25) is 0 Å². The molecule has 5 nitrogen and oxygen atoms in total. The lowest BCUT2D eigenvalue weighted by Gasteiger charge is -2.34. The van der Waals surface area contributed by atoms with Crippen LogP contribution in [0.4, 0.5) is 9.52 Å². The van der Waals surface area contributed by atoms with E-state index in [4.69, 9.17) is 0 Å². The van der Waals surface area contributed by atoms with Crippen molar-refractivity contribution < 1.29 is 9.18 Å². The number of rotatable bonds is 5. The molecule has 0 unspecified atom stereocenters. The first-order valence-electron chi connectivity index (χ1n) is 9.00. The molecular weight excluding hydrogens is 363 g/mol. The van der Waals surface area contributed by atoms with E-state index in [1.807, 2.05) is 6.07 Å². The molecule has 1 fully saturated rings. The average Bonchev–Trinajstić information content (AvgIpc) is 3.05. The third-order valence-corrected chi connectivity index (χ3v) is 5.61. The fourth-order valence-electron chi connectivity index (χ4n) is 3.26. The van der Waals surface area contributed by atoms with Crippen LogP contribution in [0.15, 0.2) is 48.5 Å². The van der Waals surface area contributed by atoms with E-state index in [1.54, 1.807) is 6.07 Å². The van der Waals surface area contributed by atoms with E-state index < -0.39 is 0 Å². The van der Waals surface area contributed by atoms with Crippen LogP contribution in [0, 0.1) is 5.82 Å². The van der Waals surface area contributed by atoms with Gasteiger partial charge in [0.25, 0.3) is 0 Å². The van der Waals surface area contributed by atoms with Gasteiger partial charge < -0.3 is 5.32 Å². The number of benzene rings is 2. The fraction of sp³-hybridized carbons (Fsp3) is 0.300. The van der Waals surface area contributed by atoms with Crippen LogP contribution >= 0.6 is 11.3 Å². The molecule has 0 spiro atoms. The largest absolute Gasteiger partial charge is 0.301 e. The van der Waals surface area contributed by atoms with Crippen molar-refractivity contribution in [3.8, 4) is 0 Å². The third-order valence-electron chi connectivity index (χ3n) is 4.68. The number of aromatic nitrogens is 1. The number of carbonyl (C=O) groups excluding carboxylic acids is 1. The van der Waals surface area contributed by atoms with Crippen LogP contribution in [0.25, 0.3) is 10.2 Å². The predicted octanol–water partition coefficient (Wildman–Crippen LogP) is 3.19. The first-order chi connectivity index (χ1) is 13.2. The highest BCUT2D eigenvalue weighted by atomic mass is 32.1. The van der Waals surface area contributed by atoms with Crippen molar-refractivity contribution in [3.63, 3.8) is 0 Å². The number of hydrogen-bond donors (Lipinski definition) is 1. The smallest absolute Gasteiger partial charge is 0.240 e. The van der Waals surface area contributed by atoms with Gasteiger partial charge >= 0.3 is 0 Å². The lowest BCUT2D eigenvalue weighted by molar-refractivity contribution is -0.117. The van der Waals surface area contributed by atoms with Gasteiger partial charge in [0.05, 0.1) is 16.8 Å². The Kier molecular flexibility index (Phi) is 5.42. The van der Waals surface area contributed by atoms with Crippen molar-refractivity contribution >= 4 is 32.6 Å². The summed E-state index contributed by atoms with van der Waals surface area (Å²) in [7, 11) is 0. The second-order valence-corrected chi connectivity index (χ2v) is 7.75. The first-order valence-corrected chi connectivity index (χ1v) is 9.82. The summed E-state index contributed by atoms with van der Waals surface area (Å²) in [5.74, 6) is -0.372.